The Morgan fingerprint density at radius 2 is 1.50 bits per heavy atom. The number of para-hydroxylation sites is 1. The van der Waals surface area contributed by atoms with Crippen molar-refractivity contribution in [3.63, 3.8) is 0 Å². The number of piperazine rings is 1. The third-order valence-electron chi connectivity index (χ3n) is 5.98. The van der Waals surface area contributed by atoms with Crippen LogP contribution in [0.5, 0.6) is 0 Å². The average Bonchev–Trinajstić information content (AvgIpc) is 3.05. The van der Waals surface area contributed by atoms with Gasteiger partial charge in [-0.3, -0.25) is 0 Å². The first kappa shape index (κ1) is 20.6. The van der Waals surface area contributed by atoms with Crippen molar-refractivity contribution < 1.29 is 8.42 Å². The SMILES string of the molecule is Cc1cccc(N2CCN(S(=O)(=O)c3c(C)nn(-c4ccccc4)c3C)CC2)c1C. The molecule has 0 unspecified atom stereocenters. The van der Waals surface area contributed by atoms with Gasteiger partial charge in [-0.2, -0.15) is 9.40 Å². The predicted molar refractivity (Wildman–Crippen MR) is 120 cm³/mol. The normalized spacial score (nSPS) is 15.5. The Morgan fingerprint density at radius 3 is 2.17 bits per heavy atom. The van der Waals surface area contributed by atoms with E-state index in [2.05, 4.69) is 42.0 Å². The molecule has 2 aromatic carbocycles. The number of benzene rings is 2. The van der Waals surface area contributed by atoms with Crippen LogP contribution in [0.1, 0.15) is 22.5 Å². The summed E-state index contributed by atoms with van der Waals surface area (Å²) in [5, 5.41) is 4.53. The fraction of sp³-hybridized carbons (Fsp3) is 0.348. The lowest BCUT2D eigenvalue weighted by Crippen LogP contribution is -2.49. The van der Waals surface area contributed by atoms with Crippen molar-refractivity contribution in [2.45, 2.75) is 32.6 Å². The number of nitrogens with zero attached hydrogens (tertiary/aromatic N) is 4. The van der Waals surface area contributed by atoms with E-state index in [0.717, 1.165) is 5.69 Å². The number of sulfonamides is 1. The molecular weight excluding hydrogens is 396 g/mol. The molecule has 1 aromatic heterocycles. The minimum Gasteiger partial charge on any atom is -0.369 e. The van der Waals surface area contributed by atoms with E-state index in [-0.39, 0.29) is 0 Å². The van der Waals surface area contributed by atoms with Crippen LogP contribution in [0.15, 0.2) is 53.4 Å². The molecule has 0 aliphatic carbocycles. The number of aryl methyl sites for hydroxylation is 2. The summed E-state index contributed by atoms with van der Waals surface area (Å²) in [4.78, 5) is 2.60. The largest absolute Gasteiger partial charge is 0.369 e. The van der Waals surface area contributed by atoms with E-state index >= 15 is 0 Å². The molecule has 2 heterocycles. The Morgan fingerprint density at radius 1 is 0.833 bits per heavy atom. The molecular formula is C23H28N4O2S. The molecule has 0 spiro atoms. The fourth-order valence-corrected chi connectivity index (χ4v) is 5.98. The van der Waals surface area contributed by atoms with Crippen molar-refractivity contribution in [2.24, 2.45) is 0 Å². The summed E-state index contributed by atoms with van der Waals surface area (Å²) < 4.78 is 30.3. The van der Waals surface area contributed by atoms with Gasteiger partial charge in [-0.1, -0.05) is 30.3 Å². The zero-order valence-electron chi connectivity index (χ0n) is 18.0. The molecule has 30 heavy (non-hydrogen) atoms. The van der Waals surface area contributed by atoms with E-state index in [0.29, 0.717) is 42.5 Å². The molecule has 0 radical (unpaired) electrons. The number of anilines is 1. The highest BCUT2D eigenvalue weighted by Crippen LogP contribution is 2.28. The zero-order valence-corrected chi connectivity index (χ0v) is 18.8. The summed E-state index contributed by atoms with van der Waals surface area (Å²) in [6.07, 6.45) is 0. The monoisotopic (exact) mass is 424 g/mol. The van der Waals surface area contributed by atoms with Crippen LogP contribution in [-0.2, 0) is 10.0 Å². The Hall–Kier alpha value is -2.64. The highest BCUT2D eigenvalue weighted by molar-refractivity contribution is 7.89. The van der Waals surface area contributed by atoms with Gasteiger partial charge in [0.1, 0.15) is 4.90 Å². The fourth-order valence-electron chi connectivity index (χ4n) is 4.20. The third-order valence-corrected chi connectivity index (χ3v) is 8.13. The first-order valence-electron chi connectivity index (χ1n) is 10.2. The van der Waals surface area contributed by atoms with Gasteiger partial charge in [-0.15, -0.1) is 0 Å². The van der Waals surface area contributed by atoms with Crippen LogP contribution in [0.25, 0.3) is 5.69 Å². The number of aromatic nitrogens is 2. The quantitative estimate of drug-likeness (QED) is 0.642. The van der Waals surface area contributed by atoms with Crippen LogP contribution in [-0.4, -0.2) is 48.7 Å². The van der Waals surface area contributed by atoms with Crippen molar-refractivity contribution in [3.05, 3.63) is 71.0 Å². The van der Waals surface area contributed by atoms with Crippen LogP contribution in [0.4, 0.5) is 5.69 Å². The average molecular weight is 425 g/mol. The van der Waals surface area contributed by atoms with E-state index in [4.69, 9.17) is 0 Å². The molecule has 0 amide bonds. The maximum Gasteiger partial charge on any atom is 0.246 e. The second kappa shape index (κ2) is 7.89. The van der Waals surface area contributed by atoms with Crippen LogP contribution in [0.3, 0.4) is 0 Å². The van der Waals surface area contributed by atoms with E-state index < -0.39 is 10.0 Å². The molecule has 1 aliphatic rings. The standard InChI is InChI=1S/C23H28N4O2S/c1-17-9-8-12-22(18(17)2)25-13-15-26(16-14-25)30(28,29)23-19(3)24-27(20(23)4)21-10-6-5-7-11-21/h5-12H,13-16H2,1-4H3. The molecule has 7 heteroatoms. The Labute approximate surface area is 178 Å². The van der Waals surface area contributed by atoms with Crippen molar-refractivity contribution >= 4 is 15.7 Å². The lowest BCUT2D eigenvalue weighted by molar-refractivity contribution is 0.384. The van der Waals surface area contributed by atoms with Gasteiger partial charge in [-0.05, 0) is 57.0 Å². The summed E-state index contributed by atoms with van der Waals surface area (Å²) in [7, 11) is -3.61. The first-order chi connectivity index (χ1) is 14.3. The summed E-state index contributed by atoms with van der Waals surface area (Å²) in [5.74, 6) is 0. The van der Waals surface area contributed by atoms with E-state index in [1.54, 1.807) is 15.9 Å². The number of hydrogen-bond donors (Lipinski definition) is 0. The second-order valence-electron chi connectivity index (χ2n) is 7.86. The molecule has 1 saturated heterocycles. The van der Waals surface area contributed by atoms with Gasteiger partial charge < -0.3 is 4.90 Å². The first-order valence-corrected chi connectivity index (χ1v) is 11.7. The Balaban J connectivity index is 1.59. The molecule has 0 saturated carbocycles. The summed E-state index contributed by atoms with van der Waals surface area (Å²) >= 11 is 0. The maximum absolute atomic E-state index is 13.5. The minimum atomic E-state index is -3.61. The predicted octanol–water partition coefficient (Wildman–Crippen LogP) is 3.62. The van der Waals surface area contributed by atoms with Gasteiger partial charge in [0.05, 0.1) is 17.1 Å². The van der Waals surface area contributed by atoms with Gasteiger partial charge in [0.15, 0.2) is 0 Å². The summed E-state index contributed by atoms with van der Waals surface area (Å²) in [6.45, 7) is 10.1. The smallest absolute Gasteiger partial charge is 0.246 e. The van der Waals surface area contributed by atoms with Gasteiger partial charge in [-0.25, -0.2) is 13.1 Å². The number of rotatable bonds is 4. The lowest BCUT2D eigenvalue weighted by atomic mass is 10.1. The molecule has 0 atom stereocenters. The molecule has 1 fully saturated rings. The van der Waals surface area contributed by atoms with E-state index in [9.17, 15) is 8.42 Å². The van der Waals surface area contributed by atoms with E-state index in [1.165, 1.54) is 16.8 Å². The second-order valence-corrected chi connectivity index (χ2v) is 9.73. The number of hydrogen-bond acceptors (Lipinski definition) is 4. The molecule has 0 bridgehead atoms. The molecule has 0 N–H and O–H groups in total. The molecule has 3 aromatic rings. The highest BCUT2D eigenvalue weighted by atomic mass is 32.2. The van der Waals surface area contributed by atoms with Gasteiger partial charge in [0.2, 0.25) is 10.0 Å². The van der Waals surface area contributed by atoms with Crippen molar-refractivity contribution in [2.75, 3.05) is 31.1 Å². The molecule has 6 nitrogen and oxygen atoms in total. The third kappa shape index (κ3) is 3.52. The molecule has 158 valence electrons. The topological polar surface area (TPSA) is 58.4 Å². The minimum absolute atomic E-state index is 0.325. The van der Waals surface area contributed by atoms with E-state index in [1.807, 2.05) is 37.3 Å². The van der Waals surface area contributed by atoms with Crippen LogP contribution < -0.4 is 4.90 Å². The van der Waals surface area contributed by atoms with Crippen molar-refractivity contribution in [3.8, 4) is 5.69 Å². The highest BCUT2D eigenvalue weighted by Gasteiger charge is 2.33. The maximum atomic E-state index is 13.5. The molecule has 4 rings (SSSR count). The van der Waals surface area contributed by atoms with Gasteiger partial charge in [0.25, 0.3) is 0 Å². The lowest BCUT2D eigenvalue weighted by Gasteiger charge is -2.36. The van der Waals surface area contributed by atoms with Crippen LogP contribution >= 0.6 is 0 Å². The van der Waals surface area contributed by atoms with Crippen molar-refractivity contribution in [1.82, 2.24) is 14.1 Å². The summed E-state index contributed by atoms with van der Waals surface area (Å²) in [5.41, 5.74) is 5.74. The summed E-state index contributed by atoms with van der Waals surface area (Å²) in [6, 6.07) is 15.9. The van der Waals surface area contributed by atoms with Crippen LogP contribution in [0.2, 0.25) is 0 Å². The van der Waals surface area contributed by atoms with Crippen molar-refractivity contribution in [1.29, 1.82) is 0 Å². The Kier molecular flexibility index (Phi) is 5.42. The zero-order chi connectivity index (χ0) is 21.5. The van der Waals surface area contributed by atoms with Gasteiger partial charge in [0, 0.05) is 31.9 Å². The molecule has 1 aliphatic heterocycles. The van der Waals surface area contributed by atoms with Crippen LogP contribution in [0, 0.1) is 27.7 Å². The Bertz CT molecular complexity index is 1160. The van der Waals surface area contributed by atoms with Gasteiger partial charge >= 0.3 is 0 Å².